The molecule has 0 N–H and O–H groups in total. The first kappa shape index (κ1) is 31.8. The van der Waals surface area contributed by atoms with E-state index >= 15 is 35.1 Å². The van der Waals surface area contributed by atoms with Crippen molar-refractivity contribution >= 4 is 107 Å². The number of benzene rings is 6. The maximum atomic E-state index is 15.7. The molecule has 0 nitrogen and oxygen atoms in total. The van der Waals surface area contributed by atoms with E-state index in [-0.39, 0.29) is 9.75 Å². The van der Waals surface area contributed by atoms with Crippen LogP contribution < -0.4 is 0 Å². The third-order valence-corrected chi connectivity index (χ3v) is 13.4. The topological polar surface area (TPSA) is 0 Å². The van der Waals surface area contributed by atoms with Crippen molar-refractivity contribution < 1.29 is 35.1 Å². The molecule has 0 amide bonds. The number of halogens is 8. The van der Waals surface area contributed by atoms with Gasteiger partial charge >= 0.3 is 0 Å². The van der Waals surface area contributed by atoms with Crippen LogP contribution in [0.3, 0.4) is 0 Å². The fourth-order valence-electron chi connectivity index (χ4n) is 6.87. The monoisotopic (exact) mass is 774 g/mol. The molecule has 0 bridgehead atoms. The van der Waals surface area contributed by atoms with E-state index in [1.165, 1.54) is 12.1 Å². The normalized spacial score (nSPS) is 12.2. The van der Waals surface area contributed by atoms with Gasteiger partial charge in [-0.2, -0.15) is 0 Å². The quantitative estimate of drug-likeness (QED) is 0.124. The zero-order valence-corrected chi connectivity index (χ0v) is 29.0. The van der Waals surface area contributed by atoms with E-state index in [0.717, 1.165) is 64.4 Å². The van der Waals surface area contributed by atoms with Gasteiger partial charge in [0.2, 0.25) is 0 Å². The minimum Gasteiger partial charge on any atom is -0.203 e. The summed E-state index contributed by atoms with van der Waals surface area (Å²) < 4.78 is 129. The molecule has 52 heavy (non-hydrogen) atoms. The average molecular weight is 775 g/mol. The molecule has 0 atom stereocenters. The smallest absolute Gasteiger partial charge is 0.171 e. The highest BCUT2D eigenvalue weighted by Crippen LogP contribution is 2.46. The van der Waals surface area contributed by atoms with Gasteiger partial charge in [-0.3, -0.25) is 0 Å². The lowest BCUT2D eigenvalue weighted by Gasteiger charge is -2.15. The van der Waals surface area contributed by atoms with E-state index in [4.69, 9.17) is 0 Å². The Morgan fingerprint density at radius 2 is 0.596 bits per heavy atom. The van der Waals surface area contributed by atoms with E-state index in [9.17, 15) is 0 Å². The van der Waals surface area contributed by atoms with Gasteiger partial charge in [0.05, 0.1) is 22.3 Å². The Hall–Kier alpha value is -4.88. The van der Waals surface area contributed by atoms with E-state index in [0.29, 0.717) is 20.2 Å². The molecule has 0 saturated heterocycles. The van der Waals surface area contributed by atoms with Crippen LogP contribution in [0, 0.1) is 46.5 Å². The summed E-state index contributed by atoms with van der Waals surface area (Å²) in [4.78, 5) is -0.394. The van der Waals surface area contributed by atoms with Crippen LogP contribution in [0.1, 0.15) is 0 Å². The van der Waals surface area contributed by atoms with Crippen LogP contribution in [0.4, 0.5) is 35.1 Å². The lowest BCUT2D eigenvalue weighted by Crippen LogP contribution is -2.09. The molecule has 254 valence electrons. The first-order valence-corrected chi connectivity index (χ1v) is 18.9. The summed E-state index contributed by atoms with van der Waals surface area (Å²) in [5.74, 6) is -16.7. The van der Waals surface area contributed by atoms with Crippen molar-refractivity contribution in [3.63, 3.8) is 0 Å². The van der Waals surface area contributed by atoms with Gasteiger partial charge in [0.25, 0.3) is 0 Å². The molecule has 6 aromatic carbocycles. The number of fused-ring (bicyclic) bond motifs is 6. The Labute approximate surface area is 303 Å². The maximum Gasteiger partial charge on any atom is 0.171 e. The van der Waals surface area contributed by atoms with Gasteiger partial charge in [0.1, 0.15) is 0 Å². The third kappa shape index (κ3) is 4.54. The predicted molar refractivity (Wildman–Crippen MR) is 199 cm³/mol. The highest BCUT2D eigenvalue weighted by molar-refractivity contribution is 7.22. The first-order chi connectivity index (χ1) is 25.0. The molecule has 0 fully saturated rings. The highest BCUT2D eigenvalue weighted by Gasteiger charge is 2.35. The molecule has 4 heterocycles. The summed E-state index contributed by atoms with van der Waals surface area (Å²) in [5.41, 5.74) is -6.01. The van der Waals surface area contributed by atoms with Crippen LogP contribution in [0.2, 0.25) is 0 Å². The SMILES string of the molecule is Fc1c(F)c(-c2c(F)c(F)c(-c3cc4cc5cc6sccc6cc5cc4s3)c(F)c2F)c(F)c(F)c1-c1cc2cc3cc4sccc4cc3cc2s1. The summed E-state index contributed by atoms with van der Waals surface area (Å²) in [5, 5.41) is 10.3. The first-order valence-electron chi connectivity index (χ1n) is 15.5. The summed E-state index contributed by atoms with van der Waals surface area (Å²) in [6, 6.07) is 21.5. The highest BCUT2D eigenvalue weighted by atomic mass is 32.1. The summed E-state index contributed by atoms with van der Waals surface area (Å²) >= 11 is 4.80. The summed E-state index contributed by atoms with van der Waals surface area (Å²) in [6.45, 7) is 0. The average Bonchev–Trinajstić information content (AvgIpc) is 3.94. The standard InChI is InChI=1S/C40H14F8S4/c41-33-29(27-13-21-7-19-9-23-15(1-3-49-23)5-17(19)11-25(21)51-27)34(42)38(46)31(37(33)45)32-39(47)35(43)30(36(44)40(32)48)28-14-22-8-20-10-24-16(2-4-50-24)6-18(20)12-26(22)52-28/h1-14H. The second-order valence-electron chi connectivity index (χ2n) is 12.3. The molecule has 0 aliphatic heterocycles. The molecule has 10 aromatic rings. The van der Waals surface area contributed by atoms with Crippen LogP contribution in [0.25, 0.3) is 93.9 Å². The predicted octanol–water partition coefficient (Wildman–Crippen LogP) is 15.0. The van der Waals surface area contributed by atoms with Crippen LogP contribution in [-0.2, 0) is 0 Å². The second-order valence-corrected chi connectivity index (χ2v) is 16.4. The molecule has 4 aromatic heterocycles. The lowest BCUT2D eigenvalue weighted by atomic mass is 9.96. The van der Waals surface area contributed by atoms with Gasteiger partial charge < -0.3 is 0 Å². The van der Waals surface area contributed by atoms with Gasteiger partial charge in [-0.05, 0) is 127 Å². The van der Waals surface area contributed by atoms with Crippen molar-refractivity contribution in [2.45, 2.75) is 0 Å². The Morgan fingerprint density at radius 1 is 0.288 bits per heavy atom. The van der Waals surface area contributed by atoms with Crippen molar-refractivity contribution in [1.29, 1.82) is 0 Å². The van der Waals surface area contributed by atoms with Crippen molar-refractivity contribution in [3.05, 3.63) is 130 Å². The van der Waals surface area contributed by atoms with Crippen molar-refractivity contribution in [3.8, 4) is 32.0 Å². The maximum absolute atomic E-state index is 15.7. The molecular formula is C40H14F8S4. The minimum absolute atomic E-state index is 0.197. The molecule has 0 radical (unpaired) electrons. The molecule has 10 rings (SSSR count). The molecule has 0 saturated carbocycles. The van der Waals surface area contributed by atoms with Gasteiger partial charge in [0, 0.05) is 28.6 Å². The van der Waals surface area contributed by atoms with Gasteiger partial charge in [-0.25, -0.2) is 35.1 Å². The zero-order valence-electron chi connectivity index (χ0n) is 25.7. The van der Waals surface area contributed by atoms with Crippen LogP contribution in [-0.4, -0.2) is 0 Å². The Kier molecular flexibility index (Phi) is 6.92. The molecule has 0 aliphatic rings. The molecule has 0 aliphatic carbocycles. The zero-order chi connectivity index (χ0) is 35.7. The van der Waals surface area contributed by atoms with Gasteiger partial charge in [-0.15, -0.1) is 45.3 Å². The van der Waals surface area contributed by atoms with Crippen LogP contribution >= 0.6 is 45.3 Å². The Bertz CT molecular complexity index is 2780. The van der Waals surface area contributed by atoms with E-state index in [1.54, 1.807) is 46.9 Å². The summed E-state index contributed by atoms with van der Waals surface area (Å²) in [6.07, 6.45) is 0. The van der Waals surface area contributed by atoms with Crippen molar-refractivity contribution in [2.75, 3.05) is 0 Å². The van der Waals surface area contributed by atoms with Gasteiger partial charge in [-0.1, -0.05) is 0 Å². The summed E-state index contributed by atoms with van der Waals surface area (Å²) in [7, 11) is 0. The largest absolute Gasteiger partial charge is 0.203 e. The lowest BCUT2D eigenvalue weighted by molar-refractivity contribution is 0.446. The fourth-order valence-corrected chi connectivity index (χ4v) is 10.8. The molecule has 0 spiro atoms. The number of hydrogen-bond donors (Lipinski definition) is 0. The van der Waals surface area contributed by atoms with Crippen molar-refractivity contribution in [2.24, 2.45) is 0 Å². The second kappa shape index (κ2) is 11.3. The fraction of sp³-hybridized carbons (Fsp3) is 0. The van der Waals surface area contributed by atoms with Crippen LogP contribution in [0.15, 0.2) is 83.6 Å². The van der Waals surface area contributed by atoms with E-state index < -0.39 is 68.8 Å². The Balaban J connectivity index is 1.10. The van der Waals surface area contributed by atoms with Gasteiger partial charge in [0.15, 0.2) is 46.5 Å². The van der Waals surface area contributed by atoms with Crippen molar-refractivity contribution in [1.82, 2.24) is 0 Å². The van der Waals surface area contributed by atoms with E-state index in [1.807, 2.05) is 47.2 Å². The van der Waals surface area contributed by atoms with Crippen LogP contribution in [0.5, 0.6) is 0 Å². The molecule has 0 unspecified atom stereocenters. The number of thiophene rings is 4. The van der Waals surface area contributed by atoms with E-state index in [2.05, 4.69) is 0 Å². The molecule has 12 heteroatoms. The third-order valence-electron chi connectivity index (χ3n) is 9.36. The minimum atomic E-state index is -2.20. The number of rotatable bonds is 3. The molecular weight excluding hydrogens is 761 g/mol. The Morgan fingerprint density at radius 3 is 0.962 bits per heavy atom. The number of hydrogen-bond acceptors (Lipinski definition) is 4.